The van der Waals surface area contributed by atoms with E-state index in [4.69, 9.17) is 0 Å². The molecule has 7 aliphatic rings. The van der Waals surface area contributed by atoms with E-state index in [2.05, 4.69) is 199 Å². The summed E-state index contributed by atoms with van der Waals surface area (Å²) in [6.45, 7) is 7.01. The molecule has 292 valence electrons. The van der Waals surface area contributed by atoms with Crippen LogP contribution >= 0.6 is 0 Å². The largest absolute Gasteiger partial charge is 0.311 e. The van der Waals surface area contributed by atoms with Crippen LogP contribution in [0.3, 0.4) is 0 Å². The van der Waals surface area contributed by atoms with Crippen molar-refractivity contribution in [1.29, 1.82) is 0 Å². The Morgan fingerprint density at radius 1 is 0.500 bits per heavy atom. The minimum Gasteiger partial charge on any atom is -0.311 e. The van der Waals surface area contributed by atoms with Gasteiger partial charge in [-0.3, -0.25) is 0 Å². The smallest absolute Gasteiger partial charge is 0.252 e. The van der Waals surface area contributed by atoms with E-state index in [9.17, 15) is 0 Å². The average molecular weight is 776 g/mol. The molecule has 7 aromatic rings. The second-order valence-electron chi connectivity index (χ2n) is 19.8. The van der Waals surface area contributed by atoms with Crippen LogP contribution in [-0.4, -0.2) is 6.71 Å². The summed E-state index contributed by atoms with van der Waals surface area (Å²) in [5.74, 6) is 3.21. The van der Waals surface area contributed by atoms with Gasteiger partial charge in [-0.25, -0.2) is 0 Å². The molecule has 0 radical (unpaired) electrons. The number of hydrogen-bond acceptors (Lipinski definition) is 3. The fourth-order valence-corrected chi connectivity index (χ4v) is 13.7. The predicted molar refractivity (Wildman–Crippen MR) is 252 cm³/mol. The summed E-state index contributed by atoms with van der Waals surface area (Å²) >= 11 is 0. The predicted octanol–water partition coefficient (Wildman–Crippen LogP) is 12.6. The van der Waals surface area contributed by atoms with Gasteiger partial charge in [0.25, 0.3) is 6.71 Å². The van der Waals surface area contributed by atoms with E-state index in [1.807, 2.05) is 0 Å². The third kappa shape index (κ3) is 4.68. The molecule has 4 saturated carbocycles. The van der Waals surface area contributed by atoms with Gasteiger partial charge >= 0.3 is 0 Å². The Morgan fingerprint density at radius 3 is 1.75 bits per heavy atom. The Morgan fingerprint density at radius 2 is 1.08 bits per heavy atom. The highest BCUT2D eigenvalue weighted by molar-refractivity contribution is 7.00. The van der Waals surface area contributed by atoms with Gasteiger partial charge in [-0.15, -0.1) is 0 Å². The molecule has 4 heteroatoms. The molecule has 1 spiro atoms. The van der Waals surface area contributed by atoms with Gasteiger partial charge in [-0.2, -0.15) is 0 Å². The van der Waals surface area contributed by atoms with E-state index < -0.39 is 0 Å². The van der Waals surface area contributed by atoms with Gasteiger partial charge in [-0.1, -0.05) is 118 Å². The first-order chi connectivity index (χ1) is 29.4. The molecule has 3 aliphatic heterocycles. The molecule has 0 atom stereocenters. The van der Waals surface area contributed by atoms with Gasteiger partial charge in [0.1, 0.15) is 0 Å². The lowest BCUT2D eigenvalue weighted by Gasteiger charge is -2.64. The van der Waals surface area contributed by atoms with Crippen LogP contribution < -0.4 is 31.1 Å². The van der Waals surface area contributed by atoms with E-state index in [1.165, 1.54) is 88.2 Å². The van der Waals surface area contributed by atoms with Gasteiger partial charge in [0.05, 0.1) is 5.69 Å². The van der Waals surface area contributed by atoms with E-state index in [1.54, 1.807) is 11.1 Å². The van der Waals surface area contributed by atoms with Crippen LogP contribution in [0.4, 0.5) is 51.2 Å². The Kier molecular flexibility index (Phi) is 7.27. The van der Waals surface area contributed by atoms with Crippen LogP contribution in [0.15, 0.2) is 164 Å². The zero-order valence-electron chi connectivity index (χ0n) is 34.9. The molecule has 4 fully saturated rings. The third-order valence-electron chi connectivity index (χ3n) is 15.7. The Bertz CT molecular complexity index is 2770. The van der Waals surface area contributed by atoms with E-state index in [0.29, 0.717) is 11.8 Å². The van der Waals surface area contributed by atoms with Crippen molar-refractivity contribution >= 4 is 74.3 Å². The molecule has 0 aromatic heterocycles. The maximum atomic E-state index is 2.71. The zero-order chi connectivity index (χ0) is 39.9. The van der Waals surface area contributed by atoms with E-state index in [-0.39, 0.29) is 17.5 Å². The molecule has 3 heterocycles. The summed E-state index contributed by atoms with van der Waals surface area (Å²) in [4.78, 5) is 7.68. The van der Waals surface area contributed by atoms with Crippen molar-refractivity contribution in [2.75, 3.05) is 14.7 Å². The number of rotatable bonds is 4. The number of anilines is 9. The lowest BCUT2D eigenvalue weighted by molar-refractivity contribution is -0.0419. The van der Waals surface area contributed by atoms with Gasteiger partial charge in [0, 0.05) is 50.9 Å². The van der Waals surface area contributed by atoms with Crippen molar-refractivity contribution in [3.05, 3.63) is 180 Å². The van der Waals surface area contributed by atoms with Crippen LogP contribution in [-0.2, 0) is 10.8 Å². The number of fused-ring (bicyclic) bond motifs is 6. The number of nitrogens with zero attached hydrogens (tertiary/aromatic N) is 3. The maximum Gasteiger partial charge on any atom is 0.252 e. The first-order valence-corrected chi connectivity index (χ1v) is 22.5. The van der Waals surface area contributed by atoms with Gasteiger partial charge in [0.2, 0.25) is 0 Å². The van der Waals surface area contributed by atoms with Crippen molar-refractivity contribution in [3.8, 4) is 0 Å². The second-order valence-corrected chi connectivity index (χ2v) is 19.8. The molecule has 4 bridgehead atoms. The number of para-hydroxylation sites is 4. The molecule has 4 aliphatic carbocycles. The minimum atomic E-state index is 0.0616. The molecule has 7 aromatic carbocycles. The lowest BCUT2D eigenvalue weighted by Crippen LogP contribution is -2.64. The lowest BCUT2D eigenvalue weighted by atomic mass is 9.32. The summed E-state index contributed by atoms with van der Waals surface area (Å²) in [7, 11) is 0. The van der Waals surface area contributed by atoms with Crippen LogP contribution in [0.25, 0.3) is 0 Å². The van der Waals surface area contributed by atoms with Crippen molar-refractivity contribution in [2.24, 2.45) is 23.7 Å². The van der Waals surface area contributed by atoms with Gasteiger partial charge < -0.3 is 14.7 Å². The molecule has 0 unspecified atom stereocenters. The fourth-order valence-electron chi connectivity index (χ4n) is 13.7. The van der Waals surface area contributed by atoms with E-state index >= 15 is 0 Å². The van der Waals surface area contributed by atoms with Crippen LogP contribution in [0.2, 0.25) is 0 Å². The average Bonchev–Trinajstić information content (AvgIpc) is 3.27. The van der Waals surface area contributed by atoms with Crippen molar-refractivity contribution in [1.82, 2.24) is 0 Å². The van der Waals surface area contributed by atoms with Crippen molar-refractivity contribution in [3.63, 3.8) is 0 Å². The summed E-state index contributed by atoms with van der Waals surface area (Å²) in [6, 6.07) is 62.6. The van der Waals surface area contributed by atoms with Crippen molar-refractivity contribution < 1.29 is 0 Å². The summed E-state index contributed by atoms with van der Waals surface area (Å²) < 4.78 is 0. The maximum absolute atomic E-state index is 2.71. The molecular formula is C56H50BN3. The standard InChI is InChI=1S/C56H50BN3/c1-55(2,3)38-24-26-43(27-25-38)59-50-22-13-23-51-53(50)57(47-29-28-44(35-52(47)59)58(41-14-6-4-7-15-41)42-16-8-5-9-17-42)48-20-12-19-46-54(48)60(51)49-21-11-10-18-45(49)56(46)39-31-36-30-37(33-39)34-40(56)32-36/h4-29,35-37,39-40H,30-34H2,1-3H3. The molecule has 60 heavy (non-hydrogen) atoms. The number of benzene rings is 7. The van der Waals surface area contributed by atoms with Gasteiger partial charge in [-0.05, 0) is 161 Å². The highest BCUT2D eigenvalue weighted by Gasteiger charge is 2.62. The topological polar surface area (TPSA) is 9.72 Å². The first-order valence-electron chi connectivity index (χ1n) is 22.5. The molecule has 0 N–H and O–H groups in total. The van der Waals surface area contributed by atoms with Crippen LogP contribution in [0, 0.1) is 23.7 Å². The zero-order valence-corrected chi connectivity index (χ0v) is 34.9. The Balaban J connectivity index is 1.08. The third-order valence-corrected chi connectivity index (χ3v) is 15.7. The Hall–Kier alpha value is -6.00. The SMILES string of the molecule is CC(C)(C)c1ccc(N2c3cc(N(c4ccccc4)c4ccccc4)ccc3B3c4cccc5c4N(c4ccccc4C54C5CC6CC(C5)CC4C6)c4cccc2c43)cc1. The minimum absolute atomic E-state index is 0.0616. The van der Waals surface area contributed by atoms with Crippen LogP contribution in [0.1, 0.15) is 69.6 Å². The summed E-state index contributed by atoms with van der Waals surface area (Å²) in [5, 5.41) is 0. The molecular weight excluding hydrogens is 725 g/mol. The molecule has 3 nitrogen and oxygen atoms in total. The highest BCUT2D eigenvalue weighted by atomic mass is 15.2. The second kappa shape index (κ2) is 12.5. The van der Waals surface area contributed by atoms with Crippen LogP contribution in [0.5, 0.6) is 0 Å². The fraction of sp³-hybridized carbons (Fsp3) is 0.250. The Labute approximate surface area is 355 Å². The highest BCUT2D eigenvalue weighted by Crippen LogP contribution is 2.69. The molecule has 0 saturated heterocycles. The quantitative estimate of drug-likeness (QED) is 0.165. The number of hydrogen-bond donors (Lipinski definition) is 0. The summed E-state index contributed by atoms with van der Waals surface area (Å²) in [6.07, 6.45) is 6.97. The first kappa shape index (κ1) is 34.8. The van der Waals surface area contributed by atoms with Crippen molar-refractivity contribution in [2.45, 2.75) is 63.7 Å². The van der Waals surface area contributed by atoms with Gasteiger partial charge in [0.15, 0.2) is 0 Å². The normalized spacial score (nSPS) is 23.6. The molecule has 0 amide bonds. The monoisotopic (exact) mass is 775 g/mol. The summed E-state index contributed by atoms with van der Waals surface area (Å²) in [5.41, 5.74) is 20.2. The molecule has 14 rings (SSSR count). The van der Waals surface area contributed by atoms with E-state index in [0.717, 1.165) is 28.9 Å².